The van der Waals surface area contributed by atoms with Gasteiger partial charge in [-0.25, -0.2) is 0 Å². The summed E-state index contributed by atoms with van der Waals surface area (Å²) < 4.78 is 11.2. The number of fused-ring (bicyclic) bond motifs is 2. The Hall–Kier alpha value is -1.30. The second kappa shape index (κ2) is 6.45. The van der Waals surface area contributed by atoms with Gasteiger partial charge in [-0.3, -0.25) is 4.79 Å². The monoisotopic (exact) mass is 365 g/mol. The van der Waals surface area contributed by atoms with Crippen molar-refractivity contribution in [3.63, 3.8) is 0 Å². The zero-order valence-electron chi connectivity index (χ0n) is 14.2. The third kappa shape index (κ3) is 3.03. The van der Waals surface area contributed by atoms with Gasteiger partial charge in [-0.15, -0.1) is 0 Å². The van der Waals surface area contributed by atoms with Crippen LogP contribution >= 0.6 is 11.6 Å². The fourth-order valence-corrected chi connectivity index (χ4v) is 4.60. The second-order valence-electron chi connectivity index (χ2n) is 7.65. The van der Waals surface area contributed by atoms with E-state index in [9.17, 15) is 9.90 Å². The molecule has 2 heterocycles. The maximum absolute atomic E-state index is 12.8. The van der Waals surface area contributed by atoms with Crippen molar-refractivity contribution in [1.29, 1.82) is 0 Å². The molecule has 25 heavy (non-hydrogen) atoms. The van der Waals surface area contributed by atoms with Crippen molar-refractivity contribution in [2.45, 2.75) is 31.1 Å². The lowest BCUT2D eigenvalue weighted by Crippen LogP contribution is -2.40. The number of amides is 1. The summed E-state index contributed by atoms with van der Waals surface area (Å²) in [5.74, 6) is 0.922. The first-order chi connectivity index (χ1) is 12.1. The van der Waals surface area contributed by atoms with Gasteiger partial charge in [0.15, 0.2) is 0 Å². The molecule has 2 N–H and O–H groups in total. The van der Waals surface area contributed by atoms with Gasteiger partial charge >= 0.3 is 0 Å². The van der Waals surface area contributed by atoms with Crippen molar-refractivity contribution in [3.8, 4) is 5.75 Å². The minimum absolute atomic E-state index is 0.0258. The molecule has 1 aliphatic carbocycles. The molecule has 0 aromatic heterocycles. The SMILES string of the molecule is O=C(NCC1(CCO)CCOC1)[C@@H]1C[C@]12CCOc1ccc(Cl)cc12. The topological polar surface area (TPSA) is 67.8 Å². The summed E-state index contributed by atoms with van der Waals surface area (Å²) in [6, 6.07) is 5.68. The maximum atomic E-state index is 12.8. The number of carbonyl (C=O) groups excluding carboxylic acids is 1. The Bertz CT molecular complexity index is 673. The van der Waals surface area contributed by atoms with Crippen LogP contribution < -0.4 is 10.1 Å². The Morgan fingerprint density at radius 1 is 1.36 bits per heavy atom. The van der Waals surface area contributed by atoms with Crippen LogP contribution in [0.1, 0.15) is 31.2 Å². The van der Waals surface area contributed by atoms with Crippen LogP contribution in [0, 0.1) is 11.3 Å². The van der Waals surface area contributed by atoms with Crippen LogP contribution in [0.15, 0.2) is 18.2 Å². The molecule has 6 heteroatoms. The highest BCUT2D eigenvalue weighted by atomic mass is 35.5. The number of halogens is 1. The number of hydrogen-bond acceptors (Lipinski definition) is 4. The highest BCUT2D eigenvalue weighted by molar-refractivity contribution is 6.30. The highest BCUT2D eigenvalue weighted by Gasteiger charge is 2.61. The molecule has 0 radical (unpaired) electrons. The molecule has 4 rings (SSSR count). The summed E-state index contributed by atoms with van der Waals surface area (Å²) in [7, 11) is 0. The average Bonchev–Trinajstić information content (AvgIpc) is 3.13. The molecule has 1 amide bonds. The van der Waals surface area contributed by atoms with Gasteiger partial charge in [0.1, 0.15) is 5.75 Å². The number of hydrogen-bond donors (Lipinski definition) is 2. The van der Waals surface area contributed by atoms with Crippen molar-refractivity contribution in [3.05, 3.63) is 28.8 Å². The number of ether oxygens (including phenoxy) is 2. The van der Waals surface area contributed by atoms with Crippen LogP contribution in [0.25, 0.3) is 0 Å². The summed E-state index contributed by atoms with van der Waals surface area (Å²) in [5.41, 5.74) is 0.822. The molecule has 136 valence electrons. The minimum atomic E-state index is -0.126. The zero-order chi connectivity index (χ0) is 17.5. The Morgan fingerprint density at radius 2 is 2.24 bits per heavy atom. The number of nitrogens with one attached hydrogen (secondary N) is 1. The molecule has 5 nitrogen and oxygen atoms in total. The molecule has 1 aromatic carbocycles. The molecular formula is C19H24ClNO4. The molecule has 2 aliphatic heterocycles. The fourth-order valence-electron chi connectivity index (χ4n) is 4.43. The predicted octanol–water partition coefficient (Wildman–Crippen LogP) is 2.29. The Kier molecular flexibility index (Phi) is 4.42. The summed E-state index contributed by atoms with van der Waals surface area (Å²) in [6.45, 7) is 2.64. The Morgan fingerprint density at radius 3 is 3.00 bits per heavy atom. The number of aliphatic hydroxyl groups excluding tert-OH is 1. The Labute approximate surface area is 152 Å². The van der Waals surface area contributed by atoms with E-state index in [1.165, 1.54) is 0 Å². The van der Waals surface area contributed by atoms with E-state index in [1.54, 1.807) is 0 Å². The van der Waals surface area contributed by atoms with Crippen LogP contribution in [-0.2, 0) is 14.9 Å². The molecule has 0 bridgehead atoms. The van der Waals surface area contributed by atoms with E-state index in [1.807, 2.05) is 18.2 Å². The van der Waals surface area contributed by atoms with Crippen LogP contribution in [0.4, 0.5) is 0 Å². The normalized spacial score (nSPS) is 33.0. The second-order valence-corrected chi connectivity index (χ2v) is 8.08. The van der Waals surface area contributed by atoms with Gasteiger partial charge in [-0.1, -0.05) is 11.6 Å². The summed E-state index contributed by atoms with van der Waals surface area (Å²) >= 11 is 6.17. The van der Waals surface area contributed by atoms with Gasteiger partial charge < -0.3 is 19.9 Å². The smallest absolute Gasteiger partial charge is 0.224 e. The van der Waals surface area contributed by atoms with E-state index in [4.69, 9.17) is 21.1 Å². The first-order valence-electron chi connectivity index (χ1n) is 8.98. The van der Waals surface area contributed by atoms with Crippen molar-refractivity contribution < 1.29 is 19.4 Å². The van der Waals surface area contributed by atoms with Gasteiger partial charge in [0.05, 0.1) is 13.2 Å². The predicted molar refractivity (Wildman–Crippen MR) is 93.9 cm³/mol. The number of rotatable bonds is 5. The lowest BCUT2D eigenvalue weighted by atomic mass is 9.83. The van der Waals surface area contributed by atoms with Gasteiger partial charge in [-0.05, 0) is 43.9 Å². The summed E-state index contributed by atoms with van der Waals surface area (Å²) in [6.07, 6.45) is 3.24. The quantitative estimate of drug-likeness (QED) is 0.840. The average molecular weight is 366 g/mol. The first-order valence-corrected chi connectivity index (χ1v) is 9.36. The first kappa shape index (κ1) is 17.1. The van der Waals surface area contributed by atoms with Crippen LogP contribution in [-0.4, -0.2) is 44.0 Å². The van der Waals surface area contributed by atoms with Gasteiger partial charge in [0, 0.05) is 47.1 Å². The number of aliphatic hydroxyl groups is 1. The molecule has 2 fully saturated rings. The lowest BCUT2D eigenvalue weighted by Gasteiger charge is -2.28. The third-order valence-electron chi connectivity index (χ3n) is 6.14. The lowest BCUT2D eigenvalue weighted by molar-refractivity contribution is -0.123. The molecule has 1 saturated carbocycles. The zero-order valence-corrected chi connectivity index (χ0v) is 15.0. The highest BCUT2D eigenvalue weighted by Crippen LogP contribution is 2.61. The molecule has 1 spiro atoms. The molecule has 1 unspecified atom stereocenters. The van der Waals surface area contributed by atoms with E-state index < -0.39 is 0 Å². The minimum Gasteiger partial charge on any atom is -0.493 e. The van der Waals surface area contributed by atoms with Crippen molar-refractivity contribution in [2.24, 2.45) is 11.3 Å². The van der Waals surface area contributed by atoms with Gasteiger partial charge in [0.25, 0.3) is 0 Å². The van der Waals surface area contributed by atoms with E-state index in [0.29, 0.717) is 37.8 Å². The number of carbonyl (C=O) groups is 1. The van der Waals surface area contributed by atoms with Crippen LogP contribution in [0.5, 0.6) is 5.75 Å². The Balaban J connectivity index is 1.45. The molecule has 1 aromatic rings. The van der Waals surface area contributed by atoms with E-state index in [-0.39, 0.29) is 29.3 Å². The van der Waals surface area contributed by atoms with Crippen molar-refractivity contribution >= 4 is 17.5 Å². The molecule has 3 atom stereocenters. The fraction of sp³-hybridized carbons (Fsp3) is 0.632. The van der Waals surface area contributed by atoms with Crippen molar-refractivity contribution in [1.82, 2.24) is 5.32 Å². The maximum Gasteiger partial charge on any atom is 0.224 e. The van der Waals surface area contributed by atoms with Gasteiger partial charge in [-0.2, -0.15) is 0 Å². The third-order valence-corrected chi connectivity index (χ3v) is 6.38. The molecule has 3 aliphatic rings. The molecule has 1 saturated heterocycles. The summed E-state index contributed by atoms with van der Waals surface area (Å²) in [4.78, 5) is 12.8. The standard InChI is InChI=1S/C19H24ClNO4/c20-13-1-2-16-14(9-13)19(5-8-25-16)10-15(19)17(23)21-11-18(3-6-22)4-7-24-12-18/h1-2,9,15,22H,3-8,10-12H2,(H,21,23)/t15-,18?,19-/m0/s1. The van der Waals surface area contributed by atoms with E-state index >= 15 is 0 Å². The van der Waals surface area contributed by atoms with Crippen LogP contribution in [0.2, 0.25) is 5.02 Å². The largest absolute Gasteiger partial charge is 0.493 e. The van der Waals surface area contributed by atoms with Crippen LogP contribution in [0.3, 0.4) is 0 Å². The van der Waals surface area contributed by atoms with Crippen molar-refractivity contribution in [2.75, 3.05) is 33.0 Å². The summed E-state index contributed by atoms with van der Waals surface area (Å²) in [5, 5.41) is 13.1. The molecular weight excluding hydrogens is 342 g/mol. The van der Waals surface area contributed by atoms with Gasteiger partial charge in [0.2, 0.25) is 5.91 Å². The van der Waals surface area contributed by atoms with E-state index in [0.717, 1.165) is 30.6 Å². The van der Waals surface area contributed by atoms with E-state index in [2.05, 4.69) is 5.32 Å². The number of benzene rings is 1.